The van der Waals surface area contributed by atoms with Gasteiger partial charge < -0.3 is 5.73 Å². The van der Waals surface area contributed by atoms with E-state index in [4.69, 9.17) is 5.73 Å². The Labute approximate surface area is 138 Å². The second kappa shape index (κ2) is 5.17. The number of aromatic amines is 1. The SMILES string of the molecule is Nc1nc2ccc(-c3cn[nH]c3-c3ccc(F)cc3)nn2c1Br. The van der Waals surface area contributed by atoms with E-state index in [0.29, 0.717) is 21.8 Å². The van der Waals surface area contributed by atoms with Gasteiger partial charge in [0, 0.05) is 11.1 Å². The minimum Gasteiger partial charge on any atom is -0.381 e. The van der Waals surface area contributed by atoms with Gasteiger partial charge in [0.2, 0.25) is 0 Å². The first-order chi connectivity index (χ1) is 11.1. The van der Waals surface area contributed by atoms with Crippen LogP contribution in [-0.2, 0) is 0 Å². The number of imidazole rings is 1. The predicted octanol–water partition coefficient (Wildman–Crippen LogP) is 3.27. The second-order valence-electron chi connectivity index (χ2n) is 4.94. The average Bonchev–Trinajstić information content (AvgIpc) is 3.14. The number of anilines is 1. The lowest BCUT2D eigenvalue weighted by atomic mass is 10.1. The largest absolute Gasteiger partial charge is 0.381 e. The molecule has 114 valence electrons. The number of halogens is 2. The van der Waals surface area contributed by atoms with Crippen LogP contribution >= 0.6 is 15.9 Å². The molecular weight excluding hydrogens is 363 g/mol. The number of nitrogens with one attached hydrogen (secondary N) is 1. The summed E-state index contributed by atoms with van der Waals surface area (Å²) in [6.45, 7) is 0. The number of hydrogen-bond donors (Lipinski definition) is 2. The Hall–Kier alpha value is -2.74. The standard InChI is InChI=1S/C15H10BrFN6/c16-14-15(18)20-12-6-5-11(22-23(12)14)10-7-19-21-13(10)8-1-3-9(17)4-2-8/h1-7H,18H2,(H,19,21). The van der Waals surface area contributed by atoms with E-state index in [0.717, 1.165) is 16.8 Å². The van der Waals surface area contributed by atoms with Crippen LogP contribution in [0.15, 0.2) is 47.2 Å². The number of nitrogens with zero attached hydrogens (tertiary/aromatic N) is 4. The highest BCUT2D eigenvalue weighted by Gasteiger charge is 2.14. The van der Waals surface area contributed by atoms with Gasteiger partial charge in [0.25, 0.3) is 0 Å². The monoisotopic (exact) mass is 372 g/mol. The minimum absolute atomic E-state index is 0.285. The van der Waals surface area contributed by atoms with Crippen molar-refractivity contribution in [2.45, 2.75) is 0 Å². The van der Waals surface area contributed by atoms with Crippen LogP contribution in [0.5, 0.6) is 0 Å². The maximum Gasteiger partial charge on any atom is 0.159 e. The normalized spacial score (nSPS) is 11.2. The van der Waals surface area contributed by atoms with E-state index in [1.165, 1.54) is 12.1 Å². The van der Waals surface area contributed by atoms with Gasteiger partial charge >= 0.3 is 0 Å². The Balaban J connectivity index is 1.87. The molecular formula is C15H10BrFN6. The van der Waals surface area contributed by atoms with E-state index >= 15 is 0 Å². The lowest BCUT2D eigenvalue weighted by Gasteiger charge is -2.04. The van der Waals surface area contributed by atoms with Gasteiger partial charge in [-0.25, -0.2) is 13.9 Å². The van der Waals surface area contributed by atoms with Crippen LogP contribution in [0.1, 0.15) is 0 Å². The van der Waals surface area contributed by atoms with Crippen LogP contribution in [0.25, 0.3) is 28.2 Å². The Morgan fingerprint density at radius 1 is 1.13 bits per heavy atom. The van der Waals surface area contributed by atoms with Crippen LogP contribution in [0.3, 0.4) is 0 Å². The summed E-state index contributed by atoms with van der Waals surface area (Å²) in [5, 5.41) is 11.6. The van der Waals surface area contributed by atoms with Gasteiger partial charge in [-0.15, -0.1) is 0 Å². The topological polar surface area (TPSA) is 84.9 Å². The van der Waals surface area contributed by atoms with Gasteiger partial charge in [0.15, 0.2) is 16.1 Å². The molecule has 0 unspecified atom stereocenters. The van der Waals surface area contributed by atoms with Crippen LogP contribution in [0, 0.1) is 5.82 Å². The van der Waals surface area contributed by atoms with E-state index in [9.17, 15) is 4.39 Å². The van der Waals surface area contributed by atoms with Gasteiger partial charge in [0.1, 0.15) is 5.82 Å². The molecule has 4 aromatic rings. The molecule has 0 saturated carbocycles. The van der Waals surface area contributed by atoms with Crippen molar-refractivity contribution in [3.63, 3.8) is 0 Å². The fraction of sp³-hybridized carbons (Fsp3) is 0. The number of benzene rings is 1. The van der Waals surface area contributed by atoms with Crippen LogP contribution < -0.4 is 5.73 Å². The van der Waals surface area contributed by atoms with E-state index in [1.807, 2.05) is 12.1 Å². The summed E-state index contributed by atoms with van der Waals surface area (Å²) in [6.07, 6.45) is 1.68. The molecule has 0 aliphatic carbocycles. The molecule has 1 aromatic carbocycles. The zero-order valence-electron chi connectivity index (χ0n) is 11.7. The van der Waals surface area contributed by atoms with Crippen molar-refractivity contribution < 1.29 is 4.39 Å². The Kier molecular flexibility index (Phi) is 3.12. The number of rotatable bonds is 2. The molecule has 3 aromatic heterocycles. The Morgan fingerprint density at radius 3 is 2.70 bits per heavy atom. The van der Waals surface area contributed by atoms with Gasteiger partial charge in [-0.05, 0) is 52.3 Å². The van der Waals surface area contributed by atoms with Crippen LogP contribution in [-0.4, -0.2) is 24.8 Å². The first-order valence-electron chi connectivity index (χ1n) is 6.74. The molecule has 23 heavy (non-hydrogen) atoms. The Morgan fingerprint density at radius 2 is 1.91 bits per heavy atom. The molecule has 0 amide bonds. The number of H-pyrrole nitrogens is 1. The quantitative estimate of drug-likeness (QED) is 0.565. The second-order valence-corrected chi connectivity index (χ2v) is 5.69. The highest BCUT2D eigenvalue weighted by molar-refractivity contribution is 9.10. The van der Waals surface area contributed by atoms with Crippen molar-refractivity contribution in [2.75, 3.05) is 5.73 Å². The summed E-state index contributed by atoms with van der Waals surface area (Å²) in [6, 6.07) is 9.86. The lowest BCUT2D eigenvalue weighted by Crippen LogP contribution is -1.95. The average molecular weight is 373 g/mol. The molecule has 8 heteroatoms. The van der Waals surface area contributed by atoms with Crippen LogP contribution in [0.2, 0.25) is 0 Å². The van der Waals surface area contributed by atoms with E-state index in [-0.39, 0.29) is 5.82 Å². The fourth-order valence-electron chi connectivity index (χ4n) is 2.38. The molecule has 3 heterocycles. The van der Waals surface area contributed by atoms with E-state index in [2.05, 4.69) is 36.2 Å². The van der Waals surface area contributed by atoms with Crippen molar-refractivity contribution in [3.8, 4) is 22.5 Å². The molecule has 0 radical (unpaired) electrons. The highest BCUT2D eigenvalue weighted by atomic mass is 79.9. The maximum absolute atomic E-state index is 13.1. The molecule has 6 nitrogen and oxygen atoms in total. The number of hydrogen-bond acceptors (Lipinski definition) is 4. The lowest BCUT2D eigenvalue weighted by molar-refractivity contribution is 0.628. The molecule has 0 fully saturated rings. The Bertz CT molecular complexity index is 1000. The molecule has 0 atom stereocenters. The zero-order valence-corrected chi connectivity index (χ0v) is 13.2. The van der Waals surface area contributed by atoms with Gasteiger partial charge in [-0.2, -0.15) is 10.2 Å². The van der Waals surface area contributed by atoms with Crippen molar-refractivity contribution >= 4 is 27.4 Å². The van der Waals surface area contributed by atoms with Crippen molar-refractivity contribution in [1.29, 1.82) is 0 Å². The van der Waals surface area contributed by atoms with Crippen molar-refractivity contribution in [1.82, 2.24) is 24.8 Å². The molecule has 3 N–H and O–H groups in total. The van der Waals surface area contributed by atoms with Gasteiger partial charge in [0.05, 0.1) is 17.6 Å². The van der Waals surface area contributed by atoms with Gasteiger partial charge in [-0.1, -0.05) is 0 Å². The summed E-state index contributed by atoms with van der Waals surface area (Å²) in [4.78, 5) is 4.19. The molecule has 0 spiro atoms. The van der Waals surface area contributed by atoms with E-state index in [1.54, 1.807) is 22.8 Å². The molecule has 0 bridgehead atoms. The summed E-state index contributed by atoms with van der Waals surface area (Å²) >= 11 is 3.37. The summed E-state index contributed by atoms with van der Waals surface area (Å²) in [5.41, 5.74) is 9.52. The first-order valence-corrected chi connectivity index (χ1v) is 7.53. The molecule has 0 aliphatic rings. The third kappa shape index (κ3) is 2.27. The zero-order chi connectivity index (χ0) is 16.0. The van der Waals surface area contributed by atoms with Gasteiger partial charge in [-0.3, -0.25) is 5.10 Å². The first kappa shape index (κ1) is 13.9. The third-order valence-corrected chi connectivity index (χ3v) is 4.24. The molecule has 0 saturated heterocycles. The molecule has 0 aliphatic heterocycles. The fourth-order valence-corrected chi connectivity index (χ4v) is 2.73. The summed E-state index contributed by atoms with van der Waals surface area (Å²) < 4.78 is 15.3. The van der Waals surface area contributed by atoms with Crippen LogP contribution in [0.4, 0.5) is 10.2 Å². The van der Waals surface area contributed by atoms with E-state index < -0.39 is 0 Å². The number of fused-ring (bicyclic) bond motifs is 1. The number of aromatic nitrogens is 5. The highest BCUT2D eigenvalue weighted by Crippen LogP contribution is 2.30. The number of nitrogens with two attached hydrogens (primary N) is 1. The third-order valence-electron chi connectivity index (χ3n) is 3.50. The number of nitrogen functional groups attached to an aromatic ring is 1. The summed E-state index contributed by atoms with van der Waals surface area (Å²) in [5.74, 6) is 0.0905. The van der Waals surface area contributed by atoms with Crippen molar-refractivity contribution in [2.24, 2.45) is 0 Å². The molecule has 4 rings (SSSR count). The maximum atomic E-state index is 13.1. The van der Waals surface area contributed by atoms with Crippen molar-refractivity contribution in [3.05, 3.63) is 53.0 Å². The predicted molar refractivity (Wildman–Crippen MR) is 88.1 cm³/mol. The minimum atomic E-state index is -0.285. The smallest absolute Gasteiger partial charge is 0.159 e. The summed E-state index contributed by atoms with van der Waals surface area (Å²) in [7, 11) is 0.